The van der Waals surface area contributed by atoms with E-state index in [4.69, 9.17) is 9.84 Å². The highest BCUT2D eigenvalue weighted by atomic mass is 16.5. The van der Waals surface area contributed by atoms with Crippen molar-refractivity contribution < 1.29 is 29.0 Å². The molecule has 126 valence electrons. The summed E-state index contributed by atoms with van der Waals surface area (Å²) in [6, 6.07) is 6.03. The fraction of sp³-hybridized carbons (Fsp3) is 0.353. The summed E-state index contributed by atoms with van der Waals surface area (Å²) >= 11 is 0. The van der Waals surface area contributed by atoms with Crippen molar-refractivity contribution in [3.63, 3.8) is 0 Å². The van der Waals surface area contributed by atoms with Crippen molar-refractivity contribution >= 4 is 17.9 Å². The van der Waals surface area contributed by atoms with Gasteiger partial charge < -0.3 is 14.6 Å². The molecule has 0 bridgehead atoms. The molecule has 1 aromatic carbocycles. The van der Waals surface area contributed by atoms with Crippen LogP contribution in [0.1, 0.15) is 47.4 Å². The van der Waals surface area contributed by atoms with Gasteiger partial charge >= 0.3 is 17.9 Å². The number of rotatable bonds is 6. The van der Waals surface area contributed by atoms with Gasteiger partial charge in [0.1, 0.15) is 0 Å². The number of hydrogen-bond acceptors (Lipinski definition) is 5. The minimum atomic E-state index is -1.12. The van der Waals surface area contributed by atoms with Crippen LogP contribution in [0.5, 0.6) is 0 Å². The summed E-state index contributed by atoms with van der Waals surface area (Å²) in [7, 11) is 1.33. The lowest BCUT2D eigenvalue weighted by atomic mass is 10.1. The summed E-state index contributed by atoms with van der Waals surface area (Å²) in [5, 5.41) is 8.88. The minimum absolute atomic E-state index is 0.0241. The van der Waals surface area contributed by atoms with Crippen LogP contribution in [0.15, 0.2) is 36.4 Å². The van der Waals surface area contributed by atoms with E-state index < -0.39 is 11.9 Å². The van der Waals surface area contributed by atoms with Crippen molar-refractivity contribution in [2.75, 3.05) is 13.7 Å². The van der Waals surface area contributed by atoms with Crippen LogP contribution < -0.4 is 0 Å². The third kappa shape index (κ3) is 7.80. The summed E-state index contributed by atoms with van der Waals surface area (Å²) in [6.07, 6.45) is 1.70. The van der Waals surface area contributed by atoms with Crippen LogP contribution in [-0.2, 0) is 14.3 Å². The molecule has 0 amide bonds. The van der Waals surface area contributed by atoms with E-state index in [1.54, 1.807) is 19.1 Å². The number of esters is 2. The molecule has 0 atom stereocenters. The van der Waals surface area contributed by atoms with Crippen LogP contribution >= 0.6 is 0 Å². The molecule has 23 heavy (non-hydrogen) atoms. The molecule has 1 N–H and O–H groups in total. The summed E-state index contributed by atoms with van der Waals surface area (Å²) in [6.45, 7) is 7.26. The molecule has 0 aliphatic heterocycles. The largest absolute Gasteiger partial charge is 0.478 e. The molecule has 6 nitrogen and oxygen atoms in total. The van der Waals surface area contributed by atoms with Crippen molar-refractivity contribution in [1.29, 1.82) is 0 Å². The highest BCUT2D eigenvalue weighted by Crippen LogP contribution is 2.10. The average Bonchev–Trinajstić information content (AvgIpc) is 2.54. The number of methoxy groups -OCH3 is 1. The molecule has 0 fully saturated rings. The Morgan fingerprint density at radius 2 is 1.74 bits per heavy atom. The Kier molecular flexibility index (Phi) is 9.75. The molecule has 0 spiro atoms. The lowest BCUT2D eigenvalue weighted by molar-refractivity contribution is -0.136. The summed E-state index contributed by atoms with van der Waals surface area (Å²) in [5.41, 5.74) is 0.512. The van der Waals surface area contributed by atoms with E-state index in [1.165, 1.54) is 19.2 Å². The lowest BCUT2D eigenvalue weighted by Crippen LogP contribution is -2.12. The quantitative estimate of drug-likeness (QED) is 0.492. The Hall–Kier alpha value is -2.63. The molecule has 6 heteroatoms. The molecule has 0 radical (unpaired) electrons. The van der Waals surface area contributed by atoms with E-state index in [0.717, 1.165) is 12.8 Å². The zero-order valence-corrected chi connectivity index (χ0v) is 13.6. The summed E-state index contributed by atoms with van der Waals surface area (Å²) in [5.74, 6) is -2.05. The van der Waals surface area contributed by atoms with E-state index in [-0.39, 0.29) is 17.1 Å². The molecule has 0 unspecified atom stereocenters. The number of carbonyl (C=O) groups excluding carboxylic acids is 2. The van der Waals surface area contributed by atoms with Crippen LogP contribution in [0.3, 0.4) is 0 Å². The first kappa shape index (κ1) is 20.4. The Morgan fingerprint density at radius 3 is 2.13 bits per heavy atom. The van der Waals surface area contributed by atoms with Gasteiger partial charge in [-0.05, 0) is 25.5 Å². The molecular weight excluding hydrogens is 300 g/mol. The van der Waals surface area contributed by atoms with Crippen molar-refractivity contribution in [3.05, 3.63) is 47.5 Å². The van der Waals surface area contributed by atoms with E-state index in [0.29, 0.717) is 12.2 Å². The minimum Gasteiger partial charge on any atom is -0.478 e. The van der Waals surface area contributed by atoms with Crippen LogP contribution in [-0.4, -0.2) is 36.7 Å². The topological polar surface area (TPSA) is 89.9 Å². The van der Waals surface area contributed by atoms with E-state index >= 15 is 0 Å². The maximum atomic E-state index is 11.6. The average molecular weight is 322 g/mol. The number of benzene rings is 1. The molecule has 0 aliphatic carbocycles. The number of carboxylic acids is 1. The maximum absolute atomic E-state index is 11.6. The third-order valence-electron chi connectivity index (χ3n) is 2.64. The standard InChI is InChI=1S/C12H14O4.C5H8O2/c1-2-3-8-16-12(15)10-7-5-4-6-9(10)11(13)14;1-4(2)5(6)7-3/h4-7H,2-3,8H2,1H3,(H,13,14);1H2,2-3H3. The number of ether oxygens (including phenoxy) is 2. The molecule has 1 rings (SSSR count). The first-order valence-corrected chi connectivity index (χ1v) is 7.08. The summed E-state index contributed by atoms with van der Waals surface area (Å²) in [4.78, 5) is 32.6. The van der Waals surface area contributed by atoms with Crippen LogP contribution in [0.4, 0.5) is 0 Å². The van der Waals surface area contributed by atoms with Crippen molar-refractivity contribution in [2.24, 2.45) is 0 Å². The fourth-order valence-electron chi connectivity index (χ4n) is 1.41. The van der Waals surface area contributed by atoms with Gasteiger partial charge in [-0.1, -0.05) is 32.1 Å². The van der Waals surface area contributed by atoms with Crippen molar-refractivity contribution in [1.82, 2.24) is 0 Å². The summed E-state index contributed by atoms with van der Waals surface area (Å²) < 4.78 is 9.23. The predicted molar refractivity (Wildman–Crippen MR) is 85.4 cm³/mol. The number of carboxylic acid groups (broad SMARTS) is 1. The van der Waals surface area contributed by atoms with Gasteiger partial charge in [0, 0.05) is 5.57 Å². The molecule has 0 heterocycles. The van der Waals surface area contributed by atoms with Gasteiger partial charge in [0.05, 0.1) is 24.8 Å². The number of aromatic carboxylic acids is 1. The van der Waals surface area contributed by atoms with Gasteiger partial charge in [-0.15, -0.1) is 0 Å². The lowest BCUT2D eigenvalue weighted by Gasteiger charge is -2.06. The second-order valence-electron chi connectivity index (χ2n) is 4.61. The van der Waals surface area contributed by atoms with Gasteiger partial charge in [0.15, 0.2) is 0 Å². The molecular formula is C17H22O6. The SMILES string of the molecule is C=C(C)C(=O)OC.CCCCOC(=O)c1ccccc1C(=O)O. The zero-order chi connectivity index (χ0) is 17.8. The van der Waals surface area contributed by atoms with Gasteiger partial charge in [-0.2, -0.15) is 0 Å². The second kappa shape index (κ2) is 11.0. The second-order valence-corrected chi connectivity index (χ2v) is 4.61. The predicted octanol–water partition coefficient (Wildman–Crippen LogP) is 3.08. The van der Waals surface area contributed by atoms with Gasteiger partial charge in [-0.25, -0.2) is 14.4 Å². The Morgan fingerprint density at radius 1 is 1.17 bits per heavy atom. The molecule has 0 aliphatic rings. The third-order valence-corrected chi connectivity index (χ3v) is 2.64. The van der Waals surface area contributed by atoms with Crippen LogP contribution in [0, 0.1) is 0 Å². The van der Waals surface area contributed by atoms with E-state index in [1.807, 2.05) is 6.92 Å². The van der Waals surface area contributed by atoms with Crippen molar-refractivity contribution in [3.8, 4) is 0 Å². The molecule has 0 saturated heterocycles. The Labute approximate surface area is 135 Å². The number of unbranched alkanes of at least 4 members (excludes halogenated alkanes) is 1. The fourth-order valence-corrected chi connectivity index (χ4v) is 1.41. The normalized spacial score (nSPS) is 9.17. The first-order chi connectivity index (χ1) is 10.8. The highest BCUT2D eigenvalue weighted by Gasteiger charge is 2.16. The Balaban J connectivity index is 0.000000585. The van der Waals surface area contributed by atoms with Crippen molar-refractivity contribution in [2.45, 2.75) is 26.7 Å². The Bertz CT molecular complexity index is 562. The monoisotopic (exact) mass is 322 g/mol. The van der Waals surface area contributed by atoms with Crippen LogP contribution in [0.25, 0.3) is 0 Å². The highest BCUT2D eigenvalue weighted by molar-refractivity contribution is 6.02. The van der Waals surface area contributed by atoms with E-state index in [9.17, 15) is 14.4 Å². The number of hydrogen-bond donors (Lipinski definition) is 1. The molecule has 1 aromatic rings. The molecule has 0 saturated carbocycles. The zero-order valence-electron chi connectivity index (χ0n) is 13.6. The van der Waals surface area contributed by atoms with Gasteiger partial charge in [-0.3, -0.25) is 0 Å². The molecule has 0 aromatic heterocycles. The smallest absolute Gasteiger partial charge is 0.339 e. The van der Waals surface area contributed by atoms with E-state index in [2.05, 4.69) is 11.3 Å². The first-order valence-electron chi connectivity index (χ1n) is 7.08. The van der Waals surface area contributed by atoms with Gasteiger partial charge in [0.25, 0.3) is 0 Å². The number of carbonyl (C=O) groups is 3. The maximum Gasteiger partial charge on any atom is 0.339 e. The van der Waals surface area contributed by atoms with Gasteiger partial charge in [0.2, 0.25) is 0 Å². The van der Waals surface area contributed by atoms with Crippen LogP contribution in [0.2, 0.25) is 0 Å².